The number of benzene rings is 2. The first-order chi connectivity index (χ1) is 15.5. The van der Waals surface area contributed by atoms with E-state index in [1.165, 1.54) is 23.4 Å². The smallest absolute Gasteiger partial charge is 0.178 e. The highest BCUT2D eigenvalue weighted by atomic mass is 19.1. The summed E-state index contributed by atoms with van der Waals surface area (Å²) in [4.78, 5) is 10.8. The van der Waals surface area contributed by atoms with E-state index in [9.17, 15) is 8.78 Å². The molecule has 5 rings (SSSR count). The summed E-state index contributed by atoms with van der Waals surface area (Å²) in [5.41, 5.74) is 4.87. The lowest BCUT2D eigenvalue weighted by Gasteiger charge is -2.34. The zero-order valence-corrected chi connectivity index (χ0v) is 18.3. The third-order valence-corrected chi connectivity index (χ3v) is 6.19. The number of ether oxygens (including phenoxy) is 1. The number of nitrogens with zero attached hydrogens (tertiary/aromatic N) is 3. The summed E-state index contributed by atoms with van der Waals surface area (Å²) >= 11 is 0. The van der Waals surface area contributed by atoms with Crippen molar-refractivity contribution in [1.29, 1.82) is 0 Å². The molecule has 3 heterocycles. The van der Waals surface area contributed by atoms with Crippen LogP contribution in [-0.4, -0.2) is 35.7 Å². The summed E-state index contributed by atoms with van der Waals surface area (Å²) in [6, 6.07) is 9.46. The van der Waals surface area contributed by atoms with Gasteiger partial charge >= 0.3 is 0 Å². The molecule has 0 amide bonds. The second-order valence-corrected chi connectivity index (χ2v) is 8.58. The summed E-state index contributed by atoms with van der Waals surface area (Å²) in [6.07, 6.45) is 2.63. The van der Waals surface area contributed by atoms with E-state index in [1.54, 1.807) is 6.07 Å². The van der Waals surface area contributed by atoms with E-state index in [-0.39, 0.29) is 17.5 Å². The number of aromatic nitrogens is 2. The van der Waals surface area contributed by atoms with Crippen LogP contribution in [0.15, 0.2) is 36.5 Å². The Balaban J connectivity index is 1.53. The monoisotopic (exact) mass is 436 g/mol. The Labute approximate surface area is 186 Å². The molecule has 0 aliphatic carbocycles. The fourth-order valence-electron chi connectivity index (χ4n) is 4.61. The van der Waals surface area contributed by atoms with Gasteiger partial charge in [0, 0.05) is 24.6 Å². The van der Waals surface area contributed by atoms with Crippen LogP contribution in [0.5, 0.6) is 5.75 Å². The molecule has 0 saturated heterocycles. The van der Waals surface area contributed by atoms with Crippen LogP contribution in [0.4, 0.5) is 14.5 Å². The minimum Gasteiger partial charge on any atom is -0.486 e. The Bertz CT molecular complexity index is 1160. The Hall–Kier alpha value is -3.06. The fraction of sp³-hybridized carbons (Fsp3) is 0.360. The molecule has 3 aromatic rings. The fourth-order valence-corrected chi connectivity index (χ4v) is 4.61. The molecular weight excluding hydrogens is 410 g/mol. The molecule has 0 bridgehead atoms. The van der Waals surface area contributed by atoms with E-state index in [2.05, 4.69) is 32.3 Å². The minimum atomic E-state index is -0.569. The molecular formula is C25H26F2N4O. The maximum absolute atomic E-state index is 14.9. The normalized spacial score (nSPS) is 15.3. The van der Waals surface area contributed by atoms with Gasteiger partial charge in [-0.2, -0.15) is 0 Å². The molecule has 1 N–H and O–H groups in total. The van der Waals surface area contributed by atoms with Crippen LogP contribution in [0.2, 0.25) is 0 Å². The average molecular weight is 437 g/mol. The van der Waals surface area contributed by atoms with E-state index >= 15 is 0 Å². The second-order valence-electron chi connectivity index (χ2n) is 8.58. The van der Waals surface area contributed by atoms with Gasteiger partial charge in [-0.1, -0.05) is 18.2 Å². The van der Waals surface area contributed by atoms with Gasteiger partial charge in [0.05, 0.1) is 18.4 Å². The molecule has 0 unspecified atom stereocenters. The zero-order chi connectivity index (χ0) is 22.2. The highest BCUT2D eigenvalue weighted by Crippen LogP contribution is 2.39. The summed E-state index contributed by atoms with van der Waals surface area (Å²) in [7, 11) is 0. The van der Waals surface area contributed by atoms with E-state index < -0.39 is 11.6 Å². The first-order valence-electron chi connectivity index (χ1n) is 11.1. The van der Waals surface area contributed by atoms with Crippen molar-refractivity contribution in [3.05, 3.63) is 70.7 Å². The Morgan fingerprint density at radius 3 is 2.91 bits per heavy atom. The lowest BCUT2D eigenvalue weighted by Crippen LogP contribution is -2.38. The van der Waals surface area contributed by atoms with E-state index in [4.69, 9.17) is 4.74 Å². The van der Waals surface area contributed by atoms with Crippen LogP contribution in [0.1, 0.15) is 36.4 Å². The molecule has 166 valence electrons. The molecule has 2 aromatic carbocycles. The number of nitrogens with one attached hydrogen (secondary N) is 1. The molecule has 32 heavy (non-hydrogen) atoms. The number of hydrogen-bond acceptors (Lipinski definition) is 5. The summed E-state index contributed by atoms with van der Waals surface area (Å²) in [6.45, 7) is 6.94. The predicted molar refractivity (Wildman–Crippen MR) is 120 cm³/mol. The lowest BCUT2D eigenvalue weighted by molar-refractivity contribution is 0.287. The van der Waals surface area contributed by atoms with Gasteiger partial charge in [-0.25, -0.2) is 18.7 Å². The van der Waals surface area contributed by atoms with Crippen molar-refractivity contribution < 1.29 is 13.5 Å². The van der Waals surface area contributed by atoms with Gasteiger partial charge in [-0.3, -0.25) is 0 Å². The minimum absolute atomic E-state index is 0.109. The number of fused-ring (bicyclic) bond motifs is 2. The van der Waals surface area contributed by atoms with Crippen LogP contribution in [-0.2, 0) is 19.4 Å². The summed E-state index contributed by atoms with van der Waals surface area (Å²) in [5, 5.41) is 3.38. The lowest BCUT2D eigenvalue weighted by atomic mass is 9.93. The van der Waals surface area contributed by atoms with E-state index in [1.807, 2.05) is 19.9 Å². The summed E-state index contributed by atoms with van der Waals surface area (Å²) < 4.78 is 35.2. The number of hydrogen-bond donors (Lipinski definition) is 1. The highest BCUT2D eigenvalue weighted by Gasteiger charge is 2.26. The molecule has 5 nitrogen and oxygen atoms in total. The van der Waals surface area contributed by atoms with Crippen molar-refractivity contribution in [2.75, 3.05) is 24.6 Å². The van der Waals surface area contributed by atoms with Gasteiger partial charge in [-0.15, -0.1) is 0 Å². The van der Waals surface area contributed by atoms with Gasteiger partial charge in [0.15, 0.2) is 17.4 Å². The first-order valence-corrected chi connectivity index (χ1v) is 11.1. The molecule has 0 saturated carbocycles. The van der Waals surface area contributed by atoms with E-state index in [0.29, 0.717) is 36.6 Å². The molecule has 7 heteroatoms. The standard InChI is InChI=1S/C25H26F2N4O/c1-15(2)31-8-9-32-25-20(26)10-18(11-22(25)31)24-21(27)14-29-23(30-24)12-16-4-3-5-17-13-28-7-6-19(16)17/h3-5,10-11,14-15,28H,6-9,12-13H2,1-2H3. The van der Waals surface area contributed by atoms with Crippen LogP contribution in [0.3, 0.4) is 0 Å². The van der Waals surface area contributed by atoms with Crippen LogP contribution in [0, 0.1) is 11.6 Å². The van der Waals surface area contributed by atoms with Gasteiger partial charge in [0.25, 0.3) is 0 Å². The Morgan fingerprint density at radius 2 is 2.06 bits per heavy atom. The average Bonchev–Trinajstić information content (AvgIpc) is 2.80. The third-order valence-electron chi connectivity index (χ3n) is 6.19. The first kappa shape index (κ1) is 20.8. The molecule has 0 spiro atoms. The summed E-state index contributed by atoms with van der Waals surface area (Å²) in [5.74, 6) is -0.344. The maximum Gasteiger partial charge on any atom is 0.178 e. The molecule has 0 fully saturated rings. The Kier molecular flexibility index (Phi) is 5.51. The van der Waals surface area contributed by atoms with Gasteiger partial charge in [0.2, 0.25) is 0 Å². The van der Waals surface area contributed by atoms with Crippen molar-refractivity contribution in [1.82, 2.24) is 15.3 Å². The van der Waals surface area contributed by atoms with E-state index in [0.717, 1.165) is 25.1 Å². The van der Waals surface area contributed by atoms with Crippen molar-refractivity contribution >= 4 is 5.69 Å². The molecule has 2 aliphatic rings. The number of halogens is 2. The van der Waals surface area contributed by atoms with Gasteiger partial charge < -0.3 is 15.0 Å². The topological polar surface area (TPSA) is 50.3 Å². The largest absolute Gasteiger partial charge is 0.486 e. The molecule has 0 radical (unpaired) electrons. The SMILES string of the molecule is CC(C)N1CCOc2c(F)cc(-c3nc(Cc4cccc5c4CCNC5)ncc3F)cc21. The number of rotatable bonds is 4. The van der Waals surface area contributed by atoms with Crippen LogP contribution >= 0.6 is 0 Å². The molecule has 2 aliphatic heterocycles. The van der Waals surface area contributed by atoms with Crippen molar-refractivity contribution in [3.8, 4) is 17.0 Å². The third kappa shape index (κ3) is 3.81. The zero-order valence-electron chi connectivity index (χ0n) is 18.3. The maximum atomic E-state index is 14.9. The van der Waals surface area contributed by atoms with Crippen LogP contribution < -0.4 is 15.0 Å². The van der Waals surface area contributed by atoms with Gasteiger partial charge in [-0.05, 0) is 55.6 Å². The molecule has 1 aromatic heterocycles. The predicted octanol–water partition coefficient (Wildman–Crippen LogP) is 4.27. The van der Waals surface area contributed by atoms with Crippen molar-refractivity contribution in [3.63, 3.8) is 0 Å². The Morgan fingerprint density at radius 1 is 1.19 bits per heavy atom. The van der Waals surface area contributed by atoms with Crippen molar-refractivity contribution in [2.24, 2.45) is 0 Å². The number of anilines is 1. The molecule has 0 atom stereocenters. The van der Waals surface area contributed by atoms with Gasteiger partial charge in [0.1, 0.15) is 18.1 Å². The van der Waals surface area contributed by atoms with Crippen LogP contribution in [0.25, 0.3) is 11.3 Å². The second kappa shape index (κ2) is 8.47. The van der Waals surface area contributed by atoms with Crippen molar-refractivity contribution in [2.45, 2.75) is 39.3 Å². The quantitative estimate of drug-likeness (QED) is 0.662. The highest BCUT2D eigenvalue weighted by molar-refractivity contribution is 5.72.